The Morgan fingerprint density at radius 1 is 1.16 bits per heavy atom. The van der Waals surface area contributed by atoms with E-state index in [1.807, 2.05) is 78.5 Å². The number of anilines is 2. The van der Waals surface area contributed by atoms with Crippen LogP contribution in [0.25, 0.3) is 16.2 Å². The number of benzene rings is 2. The summed E-state index contributed by atoms with van der Waals surface area (Å²) in [5.74, 6) is -0.507. The van der Waals surface area contributed by atoms with Crippen molar-refractivity contribution in [3.05, 3.63) is 71.4 Å². The standard InChI is InChI=1S/C24H22N4O2S/c1-15-4-3-5-21(16(15)2)28-13-18(12-22(28)29)23(30)25-19-8-6-17(7-9-19)20-14-27-10-11-31-24(27)26-20/h3-11,14,18H,12-13H2,1-2H3,(H,25,30). The van der Waals surface area contributed by atoms with Crippen molar-refractivity contribution < 1.29 is 9.59 Å². The molecule has 1 aliphatic heterocycles. The van der Waals surface area contributed by atoms with Crippen LogP contribution in [0, 0.1) is 19.8 Å². The van der Waals surface area contributed by atoms with Gasteiger partial charge in [0.2, 0.25) is 11.8 Å². The molecule has 2 aromatic heterocycles. The molecule has 31 heavy (non-hydrogen) atoms. The summed E-state index contributed by atoms with van der Waals surface area (Å²) in [6.07, 6.45) is 4.20. The Morgan fingerprint density at radius 2 is 1.97 bits per heavy atom. The lowest BCUT2D eigenvalue weighted by atomic mass is 10.1. The first-order valence-electron chi connectivity index (χ1n) is 10.2. The first-order valence-corrected chi connectivity index (χ1v) is 11.1. The van der Waals surface area contributed by atoms with Gasteiger partial charge in [-0.05, 0) is 43.2 Å². The van der Waals surface area contributed by atoms with Crippen molar-refractivity contribution in [2.24, 2.45) is 5.92 Å². The summed E-state index contributed by atoms with van der Waals surface area (Å²) in [6, 6.07) is 13.6. The number of nitrogens with one attached hydrogen (secondary N) is 1. The Morgan fingerprint density at radius 3 is 2.74 bits per heavy atom. The molecule has 5 rings (SSSR count). The molecule has 0 radical (unpaired) electrons. The average molecular weight is 431 g/mol. The molecule has 2 amide bonds. The molecule has 4 aromatic rings. The molecule has 0 saturated carbocycles. The minimum Gasteiger partial charge on any atom is -0.326 e. The highest BCUT2D eigenvalue weighted by Gasteiger charge is 2.35. The number of imidazole rings is 1. The van der Waals surface area contributed by atoms with Crippen LogP contribution in [-0.2, 0) is 9.59 Å². The zero-order valence-corrected chi connectivity index (χ0v) is 18.1. The highest BCUT2D eigenvalue weighted by Crippen LogP contribution is 2.30. The van der Waals surface area contributed by atoms with Gasteiger partial charge >= 0.3 is 0 Å². The van der Waals surface area contributed by atoms with Gasteiger partial charge in [0.25, 0.3) is 0 Å². The molecule has 0 spiro atoms. The van der Waals surface area contributed by atoms with Gasteiger partial charge < -0.3 is 10.2 Å². The molecule has 2 aromatic carbocycles. The van der Waals surface area contributed by atoms with Crippen LogP contribution < -0.4 is 10.2 Å². The van der Waals surface area contributed by atoms with E-state index in [1.54, 1.807) is 16.2 Å². The molecule has 1 unspecified atom stereocenters. The van der Waals surface area contributed by atoms with Gasteiger partial charge in [-0.2, -0.15) is 0 Å². The number of carbonyl (C=O) groups is 2. The van der Waals surface area contributed by atoms with Gasteiger partial charge in [0, 0.05) is 47.7 Å². The molecule has 156 valence electrons. The molecule has 3 heterocycles. The lowest BCUT2D eigenvalue weighted by molar-refractivity contribution is -0.122. The van der Waals surface area contributed by atoms with Gasteiger partial charge in [0.1, 0.15) is 0 Å². The monoisotopic (exact) mass is 430 g/mol. The lowest BCUT2D eigenvalue weighted by Gasteiger charge is -2.20. The summed E-state index contributed by atoms with van der Waals surface area (Å²) in [5.41, 5.74) is 5.71. The highest BCUT2D eigenvalue weighted by molar-refractivity contribution is 7.15. The minimum absolute atomic E-state index is 0.0102. The van der Waals surface area contributed by atoms with Crippen molar-refractivity contribution >= 4 is 39.5 Å². The Bertz CT molecular complexity index is 1260. The van der Waals surface area contributed by atoms with E-state index in [-0.39, 0.29) is 24.2 Å². The summed E-state index contributed by atoms with van der Waals surface area (Å²) < 4.78 is 1.99. The van der Waals surface area contributed by atoms with Gasteiger partial charge in [-0.15, -0.1) is 11.3 Å². The number of nitrogens with zero attached hydrogens (tertiary/aromatic N) is 3. The normalized spacial score (nSPS) is 16.3. The topological polar surface area (TPSA) is 66.7 Å². The summed E-state index contributed by atoms with van der Waals surface area (Å²) in [7, 11) is 0. The number of aromatic nitrogens is 2. The lowest BCUT2D eigenvalue weighted by Crippen LogP contribution is -2.28. The first kappa shape index (κ1) is 19.5. The molecule has 1 fully saturated rings. The van der Waals surface area contributed by atoms with Gasteiger partial charge in [-0.25, -0.2) is 4.98 Å². The van der Waals surface area contributed by atoms with Crippen LogP contribution >= 0.6 is 11.3 Å². The van der Waals surface area contributed by atoms with E-state index < -0.39 is 0 Å². The molecule has 0 aliphatic carbocycles. The largest absolute Gasteiger partial charge is 0.326 e. The van der Waals surface area contributed by atoms with Crippen LogP contribution in [-0.4, -0.2) is 27.7 Å². The van der Waals surface area contributed by atoms with Gasteiger partial charge in [0.05, 0.1) is 11.6 Å². The smallest absolute Gasteiger partial charge is 0.229 e. The Labute approximate surface area is 184 Å². The van der Waals surface area contributed by atoms with Crippen molar-refractivity contribution in [2.75, 3.05) is 16.8 Å². The fraction of sp³-hybridized carbons (Fsp3) is 0.208. The van der Waals surface area contributed by atoms with E-state index in [4.69, 9.17) is 0 Å². The van der Waals surface area contributed by atoms with Crippen molar-refractivity contribution in [3.8, 4) is 11.3 Å². The number of hydrogen-bond acceptors (Lipinski definition) is 4. The van der Waals surface area contributed by atoms with Crippen LogP contribution in [0.1, 0.15) is 17.5 Å². The van der Waals surface area contributed by atoms with Crippen molar-refractivity contribution in [1.29, 1.82) is 0 Å². The van der Waals surface area contributed by atoms with E-state index in [0.29, 0.717) is 12.2 Å². The number of aryl methyl sites for hydroxylation is 1. The molecule has 1 aliphatic rings. The van der Waals surface area contributed by atoms with Crippen LogP contribution in [0.2, 0.25) is 0 Å². The zero-order chi connectivity index (χ0) is 21.5. The first-order chi connectivity index (χ1) is 15.0. The predicted octanol–water partition coefficient (Wildman–Crippen LogP) is 4.67. The second-order valence-electron chi connectivity index (χ2n) is 7.91. The predicted molar refractivity (Wildman–Crippen MR) is 124 cm³/mol. The molecular formula is C24H22N4O2S. The average Bonchev–Trinajstić information content (AvgIpc) is 3.46. The fourth-order valence-corrected chi connectivity index (χ4v) is 4.68. The molecular weight excluding hydrogens is 408 g/mol. The third-order valence-corrected chi connectivity index (χ3v) is 6.67. The Balaban J connectivity index is 1.27. The second kappa shape index (κ2) is 7.67. The van der Waals surface area contributed by atoms with Crippen LogP contribution in [0.15, 0.2) is 60.2 Å². The van der Waals surface area contributed by atoms with Crippen molar-refractivity contribution in [2.45, 2.75) is 20.3 Å². The second-order valence-corrected chi connectivity index (χ2v) is 8.78. The molecule has 6 nitrogen and oxygen atoms in total. The number of rotatable bonds is 4. The maximum Gasteiger partial charge on any atom is 0.229 e. The Kier molecular flexibility index (Phi) is 4.82. The summed E-state index contributed by atoms with van der Waals surface area (Å²) in [5, 5.41) is 4.96. The number of carbonyl (C=O) groups excluding carboxylic acids is 2. The van der Waals surface area contributed by atoms with E-state index >= 15 is 0 Å². The molecule has 1 atom stereocenters. The molecule has 1 saturated heterocycles. The molecule has 1 N–H and O–H groups in total. The third-order valence-electron chi connectivity index (χ3n) is 5.90. The van der Waals surface area contributed by atoms with E-state index in [9.17, 15) is 9.59 Å². The maximum absolute atomic E-state index is 12.8. The number of hydrogen-bond donors (Lipinski definition) is 1. The summed E-state index contributed by atoms with van der Waals surface area (Å²) in [6.45, 7) is 4.44. The van der Waals surface area contributed by atoms with Crippen LogP contribution in [0.5, 0.6) is 0 Å². The third kappa shape index (κ3) is 3.61. The molecule has 7 heteroatoms. The van der Waals surface area contributed by atoms with Crippen LogP contribution in [0.3, 0.4) is 0 Å². The zero-order valence-electron chi connectivity index (χ0n) is 17.3. The quantitative estimate of drug-likeness (QED) is 0.512. The fourth-order valence-electron chi connectivity index (χ4n) is 3.98. The Hall–Kier alpha value is -3.45. The number of amides is 2. The van der Waals surface area contributed by atoms with E-state index in [2.05, 4.69) is 10.3 Å². The van der Waals surface area contributed by atoms with Crippen LogP contribution in [0.4, 0.5) is 11.4 Å². The summed E-state index contributed by atoms with van der Waals surface area (Å²) in [4.78, 5) is 32.7. The number of fused-ring (bicyclic) bond motifs is 1. The van der Waals surface area contributed by atoms with Gasteiger partial charge in [-0.1, -0.05) is 24.3 Å². The van der Waals surface area contributed by atoms with Gasteiger partial charge in [-0.3, -0.25) is 14.0 Å². The van der Waals surface area contributed by atoms with Gasteiger partial charge in [0.15, 0.2) is 4.96 Å². The maximum atomic E-state index is 12.8. The van der Waals surface area contributed by atoms with E-state index in [0.717, 1.165) is 33.0 Å². The minimum atomic E-state index is -0.369. The highest BCUT2D eigenvalue weighted by atomic mass is 32.1. The summed E-state index contributed by atoms with van der Waals surface area (Å²) >= 11 is 1.59. The number of thiazole rings is 1. The molecule has 0 bridgehead atoms. The van der Waals surface area contributed by atoms with Crippen molar-refractivity contribution in [3.63, 3.8) is 0 Å². The van der Waals surface area contributed by atoms with Crippen molar-refractivity contribution in [1.82, 2.24) is 9.38 Å². The SMILES string of the molecule is Cc1cccc(N2CC(C(=O)Nc3ccc(-c4cn5ccsc5n4)cc3)CC2=O)c1C. The van der Waals surface area contributed by atoms with E-state index in [1.165, 1.54) is 0 Å².